The van der Waals surface area contributed by atoms with Gasteiger partial charge >= 0.3 is 0 Å². The van der Waals surface area contributed by atoms with Gasteiger partial charge in [0.2, 0.25) is 11.8 Å². The van der Waals surface area contributed by atoms with Gasteiger partial charge in [-0.15, -0.1) is 12.4 Å². The molecular formula is C20H20ClN3O2. The van der Waals surface area contributed by atoms with Crippen LogP contribution in [0.1, 0.15) is 35.3 Å². The SMILES string of the molecule is CC(C)[C@@H]1NC(=C2c3ccccc3-c3ccc(C(N)=O)cc32)NC1=O.Cl. The van der Waals surface area contributed by atoms with Crippen molar-refractivity contribution in [3.8, 4) is 11.1 Å². The molecular weight excluding hydrogens is 350 g/mol. The van der Waals surface area contributed by atoms with Gasteiger partial charge in [-0.05, 0) is 40.3 Å². The van der Waals surface area contributed by atoms with E-state index in [4.69, 9.17) is 5.73 Å². The van der Waals surface area contributed by atoms with E-state index in [0.717, 1.165) is 27.8 Å². The number of primary amides is 1. The minimum Gasteiger partial charge on any atom is -0.366 e. The summed E-state index contributed by atoms with van der Waals surface area (Å²) < 4.78 is 0. The third-order valence-electron chi connectivity index (χ3n) is 4.81. The van der Waals surface area contributed by atoms with E-state index in [-0.39, 0.29) is 30.3 Å². The molecule has 26 heavy (non-hydrogen) atoms. The summed E-state index contributed by atoms with van der Waals surface area (Å²) in [4.78, 5) is 23.9. The average molecular weight is 370 g/mol. The minimum atomic E-state index is -0.466. The molecule has 0 saturated carbocycles. The number of rotatable bonds is 2. The lowest BCUT2D eigenvalue weighted by atomic mass is 10.0. The third-order valence-corrected chi connectivity index (χ3v) is 4.81. The first-order valence-electron chi connectivity index (χ1n) is 8.33. The van der Waals surface area contributed by atoms with Gasteiger partial charge < -0.3 is 16.4 Å². The van der Waals surface area contributed by atoms with Crippen molar-refractivity contribution in [2.24, 2.45) is 11.7 Å². The van der Waals surface area contributed by atoms with Gasteiger partial charge in [0, 0.05) is 11.1 Å². The highest BCUT2D eigenvalue weighted by Crippen LogP contribution is 2.45. The van der Waals surface area contributed by atoms with Crippen molar-refractivity contribution in [3.63, 3.8) is 0 Å². The number of benzene rings is 2. The van der Waals surface area contributed by atoms with Crippen LogP contribution in [-0.4, -0.2) is 17.9 Å². The molecule has 1 fully saturated rings. The van der Waals surface area contributed by atoms with E-state index in [9.17, 15) is 9.59 Å². The summed E-state index contributed by atoms with van der Waals surface area (Å²) in [5, 5.41) is 6.29. The highest BCUT2D eigenvalue weighted by molar-refractivity contribution is 6.06. The van der Waals surface area contributed by atoms with Crippen LogP contribution >= 0.6 is 12.4 Å². The largest absolute Gasteiger partial charge is 0.366 e. The molecule has 2 aliphatic rings. The number of nitrogens with one attached hydrogen (secondary N) is 2. The zero-order chi connectivity index (χ0) is 17.7. The van der Waals surface area contributed by atoms with Gasteiger partial charge in [0.1, 0.15) is 11.9 Å². The maximum absolute atomic E-state index is 12.3. The van der Waals surface area contributed by atoms with E-state index in [0.29, 0.717) is 11.4 Å². The number of halogens is 1. The number of hydrogen-bond donors (Lipinski definition) is 3. The van der Waals surface area contributed by atoms with Crippen molar-refractivity contribution in [1.29, 1.82) is 0 Å². The molecule has 0 spiro atoms. The maximum atomic E-state index is 12.3. The predicted octanol–water partition coefficient (Wildman–Crippen LogP) is 2.65. The topological polar surface area (TPSA) is 84.2 Å². The molecule has 2 aromatic rings. The Balaban J connectivity index is 0.00000196. The van der Waals surface area contributed by atoms with Crippen LogP contribution in [0, 0.1) is 5.92 Å². The van der Waals surface area contributed by atoms with Crippen LogP contribution in [0.4, 0.5) is 0 Å². The predicted molar refractivity (Wildman–Crippen MR) is 104 cm³/mol. The fourth-order valence-electron chi connectivity index (χ4n) is 3.55. The second-order valence-electron chi connectivity index (χ2n) is 6.78. The Bertz CT molecular complexity index is 950. The van der Waals surface area contributed by atoms with Gasteiger partial charge in [-0.2, -0.15) is 0 Å². The van der Waals surface area contributed by atoms with Crippen LogP contribution in [0.15, 0.2) is 48.3 Å². The molecule has 1 aliphatic heterocycles. The summed E-state index contributed by atoms with van der Waals surface area (Å²) >= 11 is 0. The highest BCUT2D eigenvalue weighted by atomic mass is 35.5. The molecule has 0 unspecified atom stereocenters. The summed E-state index contributed by atoms with van der Waals surface area (Å²) in [6.07, 6.45) is 0. The number of amides is 2. The van der Waals surface area contributed by atoms with Gasteiger partial charge in [-0.3, -0.25) is 9.59 Å². The first-order chi connectivity index (χ1) is 12.0. The second kappa shape index (κ2) is 6.50. The van der Waals surface area contributed by atoms with Crippen molar-refractivity contribution in [3.05, 3.63) is 65.0 Å². The lowest BCUT2D eigenvalue weighted by Crippen LogP contribution is -2.33. The average Bonchev–Trinajstić information content (AvgIpc) is 3.12. The van der Waals surface area contributed by atoms with E-state index in [2.05, 4.69) is 10.6 Å². The summed E-state index contributed by atoms with van der Waals surface area (Å²) in [6, 6.07) is 13.2. The Hall–Kier alpha value is -2.79. The molecule has 6 heteroatoms. The number of hydrogen-bond acceptors (Lipinski definition) is 3. The van der Waals surface area contributed by atoms with Crippen LogP contribution in [0.5, 0.6) is 0 Å². The molecule has 4 rings (SSSR count). The highest BCUT2D eigenvalue weighted by Gasteiger charge is 2.35. The van der Waals surface area contributed by atoms with Gasteiger partial charge in [-0.1, -0.05) is 44.2 Å². The van der Waals surface area contributed by atoms with Crippen molar-refractivity contribution < 1.29 is 9.59 Å². The zero-order valence-electron chi connectivity index (χ0n) is 14.5. The number of carbonyl (C=O) groups is 2. The molecule has 4 N–H and O–H groups in total. The van der Waals surface area contributed by atoms with Gasteiger partial charge in [0.05, 0.1) is 0 Å². The molecule has 0 bridgehead atoms. The number of nitrogens with two attached hydrogens (primary N) is 1. The summed E-state index contributed by atoms with van der Waals surface area (Å²) in [5.74, 6) is 0.365. The Morgan fingerprint density at radius 1 is 1.04 bits per heavy atom. The van der Waals surface area contributed by atoms with E-state index in [1.54, 1.807) is 12.1 Å². The Kier molecular flexibility index (Phi) is 4.50. The van der Waals surface area contributed by atoms with Gasteiger partial charge in [0.15, 0.2) is 0 Å². The molecule has 1 aliphatic carbocycles. The molecule has 5 nitrogen and oxygen atoms in total. The quantitative estimate of drug-likeness (QED) is 0.649. The van der Waals surface area contributed by atoms with Crippen LogP contribution in [0.25, 0.3) is 16.7 Å². The normalized spacial score (nSPS) is 20.1. The maximum Gasteiger partial charge on any atom is 0.248 e. The van der Waals surface area contributed by atoms with E-state index in [1.807, 2.05) is 44.2 Å². The Morgan fingerprint density at radius 2 is 1.69 bits per heavy atom. The van der Waals surface area contributed by atoms with Crippen LogP contribution in [-0.2, 0) is 4.79 Å². The molecule has 1 atom stereocenters. The van der Waals surface area contributed by atoms with Gasteiger partial charge in [0.25, 0.3) is 0 Å². The minimum absolute atomic E-state index is 0. The zero-order valence-corrected chi connectivity index (χ0v) is 15.3. The number of carbonyl (C=O) groups excluding carboxylic acids is 2. The van der Waals surface area contributed by atoms with E-state index < -0.39 is 5.91 Å². The molecule has 0 radical (unpaired) electrons. The van der Waals surface area contributed by atoms with E-state index >= 15 is 0 Å². The van der Waals surface area contributed by atoms with Crippen molar-refractivity contribution in [2.75, 3.05) is 0 Å². The fourth-order valence-corrected chi connectivity index (χ4v) is 3.55. The first-order valence-corrected chi connectivity index (χ1v) is 8.33. The molecule has 1 saturated heterocycles. The van der Waals surface area contributed by atoms with Crippen LogP contribution in [0.2, 0.25) is 0 Å². The van der Waals surface area contributed by atoms with Crippen molar-refractivity contribution >= 4 is 29.8 Å². The van der Waals surface area contributed by atoms with Crippen LogP contribution < -0.4 is 16.4 Å². The Labute approximate surface area is 158 Å². The van der Waals surface area contributed by atoms with E-state index in [1.165, 1.54) is 0 Å². The monoisotopic (exact) mass is 369 g/mol. The summed E-state index contributed by atoms with van der Waals surface area (Å²) in [5.41, 5.74) is 10.9. The molecule has 134 valence electrons. The fraction of sp³-hybridized carbons (Fsp3) is 0.200. The second-order valence-corrected chi connectivity index (χ2v) is 6.78. The molecule has 1 heterocycles. The smallest absolute Gasteiger partial charge is 0.248 e. The Morgan fingerprint density at radius 3 is 2.31 bits per heavy atom. The third kappa shape index (κ3) is 2.65. The first kappa shape index (κ1) is 18.0. The molecule has 2 amide bonds. The van der Waals surface area contributed by atoms with Gasteiger partial charge in [-0.25, -0.2) is 0 Å². The summed E-state index contributed by atoms with van der Waals surface area (Å²) in [6.45, 7) is 4.01. The molecule has 0 aromatic heterocycles. The summed E-state index contributed by atoms with van der Waals surface area (Å²) in [7, 11) is 0. The van der Waals surface area contributed by atoms with Crippen LogP contribution in [0.3, 0.4) is 0 Å². The number of fused-ring (bicyclic) bond motifs is 3. The lowest BCUT2D eigenvalue weighted by Gasteiger charge is -2.13. The van der Waals surface area contributed by atoms with Crippen molar-refractivity contribution in [2.45, 2.75) is 19.9 Å². The van der Waals surface area contributed by atoms with Crippen molar-refractivity contribution in [1.82, 2.24) is 10.6 Å². The lowest BCUT2D eigenvalue weighted by molar-refractivity contribution is -0.121. The molecule has 2 aromatic carbocycles. The standard InChI is InChI=1S/C20H19N3O2.ClH/c1-10(2)17-20(25)23-19(22-17)16-14-6-4-3-5-12(14)13-8-7-11(18(21)24)9-15(13)16;/h3-10,17,22H,1-2H3,(H2,21,24)(H,23,25);1H/t17-;/m0./s1.